The van der Waals surface area contributed by atoms with Gasteiger partial charge in [0.15, 0.2) is 0 Å². The molecule has 0 bridgehead atoms. The first-order chi connectivity index (χ1) is 15.9. The number of nitrogens with zero attached hydrogens (tertiary/aromatic N) is 1. The van der Waals surface area contributed by atoms with Crippen LogP contribution in [0.2, 0.25) is 5.02 Å². The maximum absolute atomic E-state index is 13.2. The number of carbonyl (C=O) groups is 2. The second kappa shape index (κ2) is 9.75. The van der Waals surface area contributed by atoms with Crippen molar-refractivity contribution in [2.75, 3.05) is 11.9 Å². The number of likely N-dealkylation sites (tertiary alicyclic amines) is 1. The molecule has 1 aliphatic heterocycles. The Kier molecular flexibility index (Phi) is 6.60. The highest BCUT2D eigenvalue weighted by Crippen LogP contribution is 2.27. The minimum absolute atomic E-state index is 0.0621. The van der Waals surface area contributed by atoms with Crippen LogP contribution in [0, 0.1) is 5.41 Å². The van der Waals surface area contributed by atoms with Crippen molar-refractivity contribution in [1.82, 2.24) is 4.90 Å². The summed E-state index contributed by atoms with van der Waals surface area (Å²) in [6.07, 6.45) is -0.0803. The molecule has 2 amide bonds. The average Bonchev–Trinajstić information content (AvgIpc) is 3.24. The van der Waals surface area contributed by atoms with E-state index < -0.39 is 12.1 Å². The lowest BCUT2D eigenvalue weighted by atomic mass is 10.1. The molecule has 0 unspecified atom stereocenters. The Balaban J connectivity index is 1.55. The minimum Gasteiger partial charge on any atom is -0.488 e. The van der Waals surface area contributed by atoms with Gasteiger partial charge in [0, 0.05) is 28.3 Å². The summed E-state index contributed by atoms with van der Waals surface area (Å²) >= 11 is 5.93. The number of nitrogens with two attached hydrogens (primary N) is 1. The zero-order valence-electron chi connectivity index (χ0n) is 17.7. The molecule has 4 rings (SSSR count). The van der Waals surface area contributed by atoms with Gasteiger partial charge in [0.2, 0.25) is 5.91 Å². The molecule has 168 valence electrons. The predicted octanol–water partition coefficient (Wildman–Crippen LogP) is 3.92. The highest BCUT2D eigenvalue weighted by Gasteiger charge is 2.41. The molecule has 0 aromatic heterocycles. The molecular formula is C25H23ClN4O3. The number of halogens is 1. The van der Waals surface area contributed by atoms with Gasteiger partial charge in [0.05, 0.1) is 6.54 Å². The topological polar surface area (TPSA) is 109 Å². The van der Waals surface area contributed by atoms with Crippen LogP contribution in [0.15, 0.2) is 78.9 Å². The van der Waals surface area contributed by atoms with Crippen LogP contribution in [-0.2, 0) is 4.79 Å². The van der Waals surface area contributed by atoms with E-state index in [0.717, 1.165) is 0 Å². The second-order valence-electron chi connectivity index (χ2n) is 7.75. The minimum atomic E-state index is -0.714. The van der Waals surface area contributed by atoms with Crippen molar-refractivity contribution in [2.45, 2.75) is 18.6 Å². The van der Waals surface area contributed by atoms with Crippen molar-refractivity contribution < 1.29 is 14.3 Å². The van der Waals surface area contributed by atoms with Crippen LogP contribution in [-0.4, -0.2) is 41.2 Å². The number of amidine groups is 1. The number of ether oxygens (including phenoxy) is 1. The maximum atomic E-state index is 13.2. The van der Waals surface area contributed by atoms with Gasteiger partial charge < -0.3 is 20.7 Å². The molecule has 1 aliphatic rings. The predicted molar refractivity (Wildman–Crippen MR) is 128 cm³/mol. The number of nitrogens with one attached hydrogen (secondary N) is 2. The number of hydrogen-bond donors (Lipinski definition) is 3. The van der Waals surface area contributed by atoms with E-state index in [1.165, 1.54) is 0 Å². The van der Waals surface area contributed by atoms with Gasteiger partial charge in [0.1, 0.15) is 23.7 Å². The van der Waals surface area contributed by atoms with Crippen LogP contribution in [0.5, 0.6) is 5.75 Å². The Labute approximate surface area is 196 Å². The number of amides is 2. The fourth-order valence-electron chi connectivity index (χ4n) is 3.79. The quantitative estimate of drug-likeness (QED) is 0.381. The van der Waals surface area contributed by atoms with Gasteiger partial charge in [-0.2, -0.15) is 0 Å². The molecule has 2 atom stereocenters. The first kappa shape index (κ1) is 22.4. The summed E-state index contributed by atoms with van der Waals surface area (Å²) in [5, 5.41) is 11.0. The summed E-state index contributed by atoms with van der Waals surface area (Å²) in [4.78, 5) is 27.9. The third-order valence-electron chi connectivity index (χ3n) is 5.41. The summed E-state index contributed by atoms with van der Waals surface area (Å²) in [5.41, 5.74) is 7.21. The first-order valence-electron chi connectivity index (χ1n) is 10.4. The lowest BCUT2D eigenvalue weighted by Crippen LogP contribution is -2.43. The highest BCUT2D eigenvalue weighted by atomic mass is 35.5. The number of benzene rings is 3. The Morgan fingerprint density at radius 3 is 2.39 bits per heavy atom. The SMILES string of the molecule is N=C(N)c1cccc(O[C@@H]2C[C@@H](C(=O)Nc3ccc(Cl)cc3)N(C(=O)c3ccccc3)C2)c1. The van der Waals surface area contributed by atoms with Crippen molar-refractivity contribution >= 4 is 34.9 Å². The molecule has 4 N–H and O–H groups in total. The second-order valence-corrected chi connectivity index (χ2v) is 8.19. The molecule has 7 nitrogen and oxygen atoms in total. The molecule has 0 spiro atoms. The molecular weight excluding hydrogens is 440 g/mol. The van der Waals surface area contributed by atoms with E-state index in [-0.39, 0.29) is 24.2 Å². The summed E-state index contributed by atoms with van der Waals surface area (Å²) in [6.45, 7) is 0.247. The molecule has 1 heterocycles. The van der Waals surface area contributed by atoms with E-state index in [4.69, 9.17) is 27.5 Å². The van der Waals surface area contributed by atoms with Crippen molar-refractivity contribution in [3.63, 3.8) is 0 Å². The van der Waals surface area contributed by atoms with Crippen molar-refractivity contribution in [1.29, 1.82) is 5.41 Å². The molecule has 8 heteroatoms. The molecule has 1 saturated heterocycles. The van der Waals surface area contributed by atoms with E-state index in [2.05, 4.69) is 5.32 Å². The van der Waals surface area contributed by atoms with Gasteiger partial charge in [0.25, 0.3) is 5.91 Å². The Hall–Kier alpha value is -3.84. The fraction of sp³-hybridized carbons (Fsp3) is 0.160. The Bertz CT molecular complexity index is 1170. The normalized spacial score (nSPS) is 17.4. The number of hydrogen-bond acceptors (Lipinski definition) is 4. The van der Waals surface area contributed by atoms with E-state index in [1.807, 2.05) is 6.07 Å². The van der Waals surface area contributed by atoms with Crippen LogP contribution >= 0.6 is 11.6 Å². The smallest absolute Gasteiger partial charge is 0.254 e. The molecule has 0 saturated carbocycles. The van der Waals surface area contributed by atoms with Gasteiger partial charge in [-0.15, -0.1) is 0 Å². The Morgan fingerprint density at radius 1 is 1.00 bits per heavy atom. The van der Waals surface area contributed by atoms with Crippen LogP contribution < -0.4 is 15.8 Å². The highest BCUT2D eigenvalue weighted by molar-refractivity contribution is 6.30. The van der Waals surface area contributed by atoms with Gasteiger partial charge >= 0.3 is 0 Å². The lowest BCUT2D eigenvalue weighted by molar-refractivity contribution is -0.119. The number of rotatable bonds is 6. The van der Waals surface area contributed by atoms with Crippen LogP contribution in [0.4, 0.5) is 5.69 Å². The zero-order chi connectivity index (χ0) is 23.4. The van der Waals surface area contributed by atoms with Crippen molar-refractivity contribution in [3.05, 3.63) is 95.0 Å². The summed E-state index contributed by atoms with van der Waals surface area (Å²) < 4.78 is 6.09. The van der Waals surface area contributed by atoms with E-state index in [9.17, 15) is 9.59 Å². The van der Waals surface area contributed by atoms with Gasteiger partial charge in [-0.05, 0) is 48.5 Å². The molecule has 33 heavy (non-hydrogen) atoms. The summed E-state index contributed by atoms with van der Waals surface area (Å²) in [6, 6.07) is 21.8. The molecule has 0 radical (unpaired) electrons. The first-order valence-corrected chi connectivity index (χ1v) is 10.8. The zero-order valence-corrected chi connectivity index (χ0v) is 18.5. The van der Waals surface area contributed by atoms with Crippen molar-refractivity contribution in [2.24, 2.45) is 5.73 Å². The number of nitrogen functional groups attached to an aromatic ring is 1. The lowest BCUT2D eigenvalue weighted by Gasteiger charge is -2.23. The van der Waals surface area contributed by atoms with Crippen LogP contribution in [0.1, 0.15) is 22.3 Å². The third-order valence-corrected chi connectivity index (χ3v) is 5.66. The Morgan fingerprint density at radius 2 is 1.70 bits per heavy atom. The average molecular weight is 463 g/mol. The summed E-state index contributed by atoms with van der Waals surface area (Å²) in [5.74, 6) is -0.0767. The largest absolute Gasteiger partial charge is 0.488 e. The van der Waals surface area contributed by atoms with Crippen LogP contribution in [0.3, 0.4) is 0 Å². The van der Waals surface area contributed by atoms with Gasteiger partial charge in [-0.3, -0.25) is 15.0 Å². The molecule has 3 aromatic rings. The van der Waals surface area contributed by atoms with Gasteiger partial charge in [-0.25, -0.2) is 0 Å². The fourth-order valence-corrected chi connectivity index (χ4v) is 3.92. The standard InChI is InChI=1S/C25H23ClN4O3/c26-18-9-11-19(12-10-18)29-24(31)22-14-21(33-20-8-4-7-17(13-20)23(27)28)15-30(22)25(32)16-5-2-1-3-6-16/h1-13,21-22H,14-15H2,(H3,27,28)(H,29,31)/t21-,22+/m1/s1. The third kappa shape index (κ3) is 5.32. The van der Waals surface area contributed by atoms with Crippen molar-refractivity contribution in [3.8, 4) is 5.75 Å². The molecule has 0 aliphatic carbocycles. The van der Waals surface area contributed by atoms with Gasteiger partial charge in [-0.1, -0.05) is 41.9 Å². The number of anilines is 1. The monoisotopic (exact) mass is 462 g/mol. The van der Waals surface area contributed by atoms with E-state index in [1.54, 1.807) is 77.7 Å². The number of carbonyl (C=O) groups excluding carboxylic acids is 2. The maximum Gasteiger partial charge on any atom is 0.254 e. The molecule has 3 aromatic carbocycles. The molecule has 1 fully saturated rings. The van der Waals surface area contributed by atoms with E-state index in [0.29, 0.717) is 34.0 Å². The van der Waals surface area contributed by atoms with E-state index >= 15 is 0 Å². The summed E-state index contributed by atoms with van der Waals surface area (Å²) in [7, 11) is 0. The van der Waals surface area contributed by atoms with Crippen LogP contribution in [0.25, 0.3) is 0 Å².